The molecule has 1 saturated carbocycles. The lowest BCUT2D eigenvalue weighted by atomic mass is 10.0. The predicted octanol–water partition coefficient (Wildman–Crippen LogP) is 2.25. The Kier molecular flexibility index (Phi) is 3.66. The summed E-state index contributed by atoms with van der Waals surface area (Å²) < 4.78 is 5.59. The van der Waals surface area contributed by atoms with Crippen LogP contribution in [0.25, 0.3) is 0 Å². The molecule has 1 saturated heterocycles. The van der Waals surface area contributed by atoms with Crippen LogP contribution < -0.4 is 0 Å². The number of aliphatic hydroxyl groups is 1. The van der Waals surface area contributed by atoms with Crippen LogP contribution in [-0.2, 0) is 4.74 Å². The van der Waals surface area contributed by atoms with Crippen LogP contribution in [-0.4, -0.2) is 23.4 Å². The standard InChI is InChI=1S/C13H20O2/c14-13(8-2-3-9-13)10-5-7-12-6-1-4-11-15-12/h12,14H,1-4,6-9,11H2. The minimum Gasteiger partial charge on any atom is -0.378 e. The monoisotopic (exact) mass is 208 g/mol. The Morgan fingerprint density at radius 3 is 2.67 bits per heavy atom. The first-order chi connectivity index (χ1) is 7.29. The van der Waals surface area contributed by atoms with Crippen molar-refractivity contribution in [3.63, 3.8) is 0 Å². The summed E-state index contributed by atoms with van der Waals surface area (Å²) in [6, 6.07) is 0. The van der Waals surface area contributed by atoms with Gasteiger partial charge in [-0.1, -0.05) is 11.8 Å². The quantitative estimate of drug-likeness (QED) is 0.670. The number of hydrogen-bond acceptors (Lipinski definition) is 2. The van der Waals surface area contributed by atoms with Gasteiger partial charge in [-0.25, -0.2) is 0 Å². The SMILES string of the molecule is OC1(C#CCC2CCCCO2)CCCC1. The Bertz CT molecular complexity index is 249. The maximum atomic E-state index is 10.0. The van der Waals surface area contributed by atoms with Gasteiger partial charge in [-0.15, -0.1) is 0 Å². The maximum absolute atomic E-state index is 10.0. The first-order valence-electron chi connectivity index (χ1n) is 6.13. The van der Waals surface area contributed by atoms with E-state index in [-0.39, 0.29) is 0 Å². The van der Waals surface area contributed by atoms with Gasteiger partial charge in [0.2, 0.25) is 0 Å². The van der Waals surface area contributed by atoms with Gasteiger partial charge < -0.3 is 9.84 Å². The van der Waals surface area contributed by atoms with Crippen LogP contribution in [0.15, 0.2) is 0 Å². The molecule has 1 heterocycles. The van der Waals surface area contributed by atoms with Crippen LogP contribution in [0.1, 0.15) is 51.4 Å². The van der Waals surface area contributed by atoms with Crippen molar-refractivity contribution in [3.8, 4) is 11.8 Å². The van der Waals surface area contributed by atoms with E-state index in [0.29, 0.717) is 6.10 Å². The van der Waals surface area contributed by atoms with Crippen molar-refractivity contribution in [1.29, 1.82) is 0 Å². The largest absolute Gasteiger partial charge is 0.378 e. The second-order valence-corrected chi connectivity index (χ2v) is 4.73. The van der Waals surface area contributed by atoms with Gasteiger partial charge in [0.25, 0.3) is 0 Å². The molecule has 1 aliphatic carbocycles. The molecule has 1 atom stereocenters. The van der Waals surface area contributed by atoms with Crippen LogP contribution in [0.3, 0.4) is 0 Å². The zero-order valence-corrected chi connectivity index (χ0v) is 9.30. The van der Waals surface area contributed by atoms with Gasteiger partial charge in [-0.3, -0.25) is 0 Å². The molecule has 1 aliphatic heterocycles. The van der Waals surface area contributed by atoms with Gasteiger partial charge in [-0.2, -0.15) is 0 Å². The fourth-order valence-corrected chi connectivity index (χ4v) is 2.38. The lowest BCUT2D eigenvalue weighted by molar-refractivity contribution is 0.0196. The van der Waals surface area contributed by atoms with Crippen LogP contribution in [0.2, 0.25) is 0 Å². The number of ether oxygens (including phenoxy) is 1. The van der Waals surface area contributed by atoms with Crippen LogP contribution in [0.5, 0.6) is 0 Å². The Labute approximate surface area is 92.0 Å². The summed E-state index contributed by atoms with van der Waals surface area (Å²) in [4.78, 5) is 0. The molecule has 15 heavy (non-hydrogen) atoms. The topological polar surface area (TPSA) is 29.5 Å². The fourth-order valence-electron chi connectivity index (χ4n) is 2.38. The van der Waals surface area contributed by atoms with E-state index in [1.54, 1.807) is 0 Å². The van der Waals surface area contributed by atoms with E-state index in [4.69, 9.17) is 4.74 Å². The molecule has 0 aromatic carbocycles. The molecule has 2 heteroatoms. The summed E-state index contributed by atoms with van der Waals surface area (Å²) in [5, 5.41) is 10.0. The highest BCUT2D eigenvalue weighted by Gasteiger charge is 2.28. The molecule has 0 aromatic rings. The van der Waals surface area contributed by atoms with E-state index in [1.165, 1.54) is 12.8 Å². The molecule has 2 aliphatic rings. The molecule has 2 nitrogen and oxygen atoms in total. The normalized spacial score (nSPS) is 29.5. The molecule has 2 rings (SSSR count). The van der Waals surface area contributed by atoms with E-state index >= 15 is 0 Å². The molecule has 1 unspecified atom stereocenters. The zero-order chi connectivity index (χ0) is 10.6. The third kappa shape index (κ3) is 3.22. The summed E-state index contributed by atoms with van der Waals surface area (Å²) >= 11 is 0. The van der Waals surface area contributed by atoms with Crippen molar-refractivity contribution in [2.75, 3.05) is 6.61 Å². The van der Waals surface area contributed by atoms with Gasteiger partial charge in [0.1, 0.15) is 5.60 Å². The smallest absolute Gasteiger partial charge is 0.125 e. The lowest BCUT2D eigenvalue weighted by Gasteiger charge is -2.20. The maximum Gasteiger partial charge on any atom is 0.125 e. The third-order valence-corrected chi connectivity index (χ3v) is 3.36. The summed E-state index contributed by atoms with van der Waals surface area (Å²) in [6.07, 6.45) is 8.63. The van der Waals surface area contributed by atoms with Gasteiger partial charge in [0.15, 0.2) is 0 Å². The molecule has 2 fully saturated rings. The minimum absolute atomic E-state index is 0.316. The molecule has 84 valence electrons. The molecule has 0 spiro atoms. The van der Waals surface area contributed by atoms with Crippen molar-refractivity contribution >= 4 is 0 Å². The highest BCUT2D eigenvalue weighted by molar-refractivity contribution is 5.15. The first kappa shape index (κ1) is 11.0. The average molecular weight is 208 g/mol. The van der Waals surface area contributed by atoms with Crippen LogP contribution >= 0.6 is 0 Å². The van der Waals surface area contributed by atoms with Gasteiger partial charge in [-0.05, 0) is 44.9 Å². The minimum atomic E-state index is -0.672. The highest BCUT2D eigenvalue weighted by Crippen LogP contribution is 2.28. The molecule has 0 radical (unpaired) electrons. The van der Waals surface area contributed by atoms with Crippen molar-refractivity contribution in [3.05, 3.63) is 0 Å². The number of hydrogen-bond donors (Lipinski definition) is 1. The van der Waals surface area contributed by atoms with Crippen molar-refractivity contribution in [2.24, 2.45) is 0 Å². The van der Waals surface area contributed by atoms with Crippen molar-refractivity contribution in [1.82, 2.24) is 0 Å². The lowest BCUT2D eigenvalue weighted by Crippen LogP contribution is -2.22. The van der Waals surface area contributed by atoms with E-state index in [2.05, 4.69) is 11.8 Å². The van der Waals surface area contributed by atoms with E-state index in [0.717, 1.165) is 45.1 Å². The van der Waals surface area contributed by atoms with Crippen LogP contribution in [0, 0.1) is 11.8 Å². The Hall–Kier alpha value is -0.520. The van der Waals surface area contributed by atoms with Gasteiger partial charge in [0, 0.05) is 13.0 Å². The van der Waals surface area contributed by atoms with Crippen molar-refractivity contribution in [2.45, 2.75) is 63.1 Å². The van der Waals surface area contributed by atoms with E-state index in [9.17, 15) is 5.11 Å². The summed E-state index contributed by atoms with van der Waals surface area (Å²) in [7, 11) is 0. The zero-order valence-electron chi connectivity index (χ0n) is 9.30. The van der Waals surface area contributed by atoms with Crippen molar-refractivity contribution < 1.29 is 9.84 Å². The van der Waals surface area contributed by atoms with Gasteiger partial charge >= 0.3 is 0 Å². The Balaban J connectivity index is 1.78. The third-order valence-electron chi connectivity index (χ3n) is 3.36. The summed E-state index contributed by atoms with van der Waals surface area (Å²) in [5.74, 6) is 6.14. The molecule has 0 bridgehead atoms. The first-order valence-corrected chi connectivity index (χ1v) is 6.13. The second-order valence-electron chi connectivity index (χ2n) is 4.73. The highest BCUT2D eigenvalue weighted by atomic mass is 16.5. The van der Waals surface area contributed by atoms with Crippen LogP contribution in [0.4, 0.5) is 0 Å². The average Bonchev–Trinajstić information content (AvgIpc) is 2.67. The Morgan fingerprint density at radius 1 is 1.20 bits per heavy atom. The molecular weight excluding hydrogens is 188 g/mol. The Morgan fingerprint density at radius 2 is 2.00 bits per heavy atom. The van der Waals surface area contributed by atoms with E-state index in [1.807, 2.05) is 0 Å². The molecule has 0 amide bonds. The van der Waals surface area contributed by atoms with E-state index < -0.39 is 5.60 Å². The fraction of sp³-hybridized carbons (Fsp3) is 0.846. The molecular formula is C13H20O2. The predicted molar refractivity (Wildman–Crippen MR) is 59.4 cm³/mol. The summed E-state index contributed by atoms with van der Waals surface area (Å²) in [6.45, 7) is 0.886. The summed E-state index contributed by atoms with van der Waals surface area (Å²) in [5.41, 5.74) is -0.672. The van der Waals surface area contributed by atoms with Gasteiger partial charge in [0.05, 0.1) is 6.10 Å². The molecule has 1 N–H and O–H groups in total. The number of rotatable bonds is 1. The second kappa shape index (κ2) is 5.01. The molecule has 0 aromatic heterocycles.